The highest BCUT2D eigenvalue weighted by Gasteiger charge is 2.41. The van der Waals surface area contributed by atoms with Crippen LogP contribution >= 0.6 is 11.8 Å². The number of carbonyl (C=O) groups is 2. The Morgan fingerprint density at radius 3 is 2.88 bits per heavy atom. The van der Waals surface area contributed by atoms with E-state index in [1.165, 1.54) is 11.8 Å². The molecule has 0 radical (unpaired) electrons. The van der Waals surface area contributed by atoms with Crippen molar-refractivity contribution >= 4 is 22.7 Å². The Kier molecular flexibility index (Phi) is 5.51. The van der Waals surface area contributed by atoms with Gasteiger partial charge >= 0.3 is 0 Å². The molecular formula is C19H22FNO2S. The molecule has 2 aliphatic heterocycles. The predicted molar refractivity (Wildman–Crippen MR) is 95.3 cm³/mol. The van der Waals surface area contributed by atoms with Gasteiger partial charge in [0, 0.05) is 25.4 Å². The van der Waals surface area contributed by atoms with Crippen LogP contribution in [-0.4, -0.2) is 41.6 Å². The maximum atomic E-state index is 13.7. The third kappa shape index (κ3) is 3.78. The first-order valence-corrected chi connectivity index (χ1v) is 9.19. The zero-order valence-corrected chi connectivity index (χ0v) is 14.5. The summed E-state index contributed by atoms with van der Waals surface area (Å²) in [6.45, 7) is 4.27. The first kappa shape index (κ1) is 17.4. The van der Waals surface area contributed by atoms with Gasteiger partial charge in [-0.3, -0.25) is 14.5 Å². The summed E-state index contributed by atoms with van der Waals surface area (Å²) in [5.41, 5.74) is 1.62. The Hall–Kier alpha value is -1.46. The number of thioether (sulfide) groups is 1. The second-order valence-corrected chi connectivity index (χ2v) is 7.63. The number of rotatable bonds is 7. The Balaban J connectivity index is 1.83. The first-order valence-electron chi connectivity index (χ1n) is 8.37. The van der Waals surface area contributed by atoms with Crippen LogP contribution in [0.25, 0.3) is 0 Å². The van der Waals surface area contributed by atoms with Crippen molar-refractivity contribution in [3.05, 3.63) is 46.9 Å². The van der Waals surface area contributed by atoms with Gasteiger partial charge in [0.05, 0.1) is 6.04 Å². The van der Waals surface area contributed by atoms with E-state index in [9.17, 15) is 14.0 Å². The molecule has 0 spiro atoms. The fourth-order valence-corrected chi connectivity index (χ4v) is 4.33. The summed E-state index contributed by atoms with van der Waals surface area (Å²) < 4.78 is 13.7. The van der Waals surface area contributed by atoms with Crippen molar-refractivity contribution < 1.29 is 14.0 Å². The molecule has 1 fully saturated rings. The monoisotopic (exact) mass is 347 g/mol. The van der Waals surface area contributed by atoms with E-state index in [0.29, 0.717) is 25.1 Å². The third-order valence-corrected chi connectivity index (χ3v) is 5.80. The van der Waals surface area contributed by atoms with Gasteiger partial charge in [-0.1, -0.05) is 42.6 Å². The van der Waals surface area contributed by atoms with Crippen LogP contribution in [0.3, 0.4) is 0 Å². The Labute approximate surface area is 146 Å². The van der Waals surface area contributed by atoms with E-state index in [1.54, 1.807) is 24.3 Å². The quantitative estimate of drug-likeness (QED) is 0.660. The number of hydrogen-bond donors (Lipinski definition) is 0. The summed E-state index contributed by atoms with van der Waals surface area (Å²) in [5.74, 6) is 0.204. The van der Waals surface area contributed by atoms with Crippen molar-refractivity contribution in [1.82, 2.24) is 4.90 Å². The van der Waals surface area contributed by atoms with E-state index in [-0.39, 0.29) is 16.8 Å². The minimum absolute atomic E-state index is 0.0725. The number of nitrogens with zero attached hydrogens (tertiary/aromatic N) is 1. The van der Waals surface area contributed by atoms with Crippen molar-refractivity contribution in [3.8, 4) is 0 Å². The molecule has 5 heteroatoms. The summed E-state index contributed by atoms with van der Waals surface area (Å²) in [4.78, 5) is 27.7. The van der Waals surface area contributed by atoms with Gasteiger partial charge < -0.3 is 0 Å². The normalized spacial score (nSPS) is 23.7. The minimum Gasteiger partial charge on any atom is -0.297 e. The molecule has 0 saturated heterocycles. The van der Waals surface area contributed by atoms with E-state index >= 15 is 0 Å². The predicted octanol–water partition coefficient (Wildman–Crippen LogP) is 3.60. The molecule has 24 heavy (non-hydrogen) atoms. The average Bonchev–Trinajstić information content (AvgIpc) is 3.35. The molecule has 1 unspecified atom stereocenters. The zero-order chi connectivity index (χ0) is 17.1. The molecule has 2 heterocycles. The van der Waals surface area contributed by atoms with Crippen molar-refractivity contribution in [2.24, 2.45) is 5.92 Å². The molecule has 0 aromatic heterocycles. The molecule has 1 aliphatic carbocycles. The van der Waals surface area contributed by atoms with Crippen LogP contribution in [0.1, 0.15) is 25.7 Å². The molecule has 3 rings (SSSR count). The number of ketones is 1. The molecule has 0 aromatic rings. The van der Waals surface area contributed by atoms with Gasteiger partial charge in [-0.15, -0.1) is 0 Å². The molecule has 3 aliphatic rings. The fourth-order valence-electron chi connectivity index (χ4n) is 3.33. The number of halogens is 1. The molecule has 1 atom stereocenters. The molecule has 128 valence electrons. The van der Waals surface area contributed by atoms with Gasteiger partial charge in [-0.05, 0) is 35.3 Å². The van der Waals surface area contributed by atoms with Crippen molar-refractivity contribution in [1.29, 1.82) is 0 Å². The summed E-state index contributed by atoms with van der Waals surface area (Å²) in [6.07, 6.45) is 9.86. The lowest BCUT2D eigenvalue weighted by Gasteiger charge is -2.35. The zero-order valence-electron chi connectivity index (χ0n) is 13.7. The van der Waals surface area contributed by atoms with E-state index in [0.717, 1.165) is 29.7 Å². The molecule has 0 N–H and O–H groups in total. The molecule has 0 amide bonds. The second-order valence-electron chi connectivity index (χ2n) is 6.47. The fraction of sp³-hybridized carbons (Fsp3) is 0.474. The Morgan fingerprint density at radius 2 is 2.21 bits per heavy atom. The maximum absolute atomic E-state index is 13.7. The standard InChI is InChI=1S/C19H22FNO2S/c1-2-3-4-5-14(11-20)18(19(23)13-6-7-13)21-9-8-16-15(12-21)10-17(22)24-16/h2-5,13,18H,1,6-12H2/b4-3-,14-5+. The van der Waals surface area contributed by atoms with E-state index < -0.39 is 12.7 Å². The number of Topliss-reactive ketones (excluding diaryl/α,β-unsaturated/α-hetero) is 1. The maximum Gasteiger partial charge on any atom is 0.197 e. The largest absolute Gasteiger partial charge is 0.297 e. The van der Waals surface area contributed by atoms with Crippen molar-refractivity contribution in [2.45, 2.75) is 31.7 Å². The van der Waals surface area contributed by atoms with Crippen LogP contribution in [0, 0.1) is 5.92 Å². The van der Waals surface area contributed by atoms with E-state index in [1.807, 2.05) is 0 Å². The summed E-state index contributed by atoms with van der Waals surface area (Å²) in [5, 5.41) is 0.182. The topological polar surface area (TPSA) is 37.4 Å². The highest BCUT2D eigenvalue weighted by molar-refractivity contribution is 8.17. The third-order valence-electron chi connectivity index (χ3n) is 4.69. The second kappa shape index (κ2) is 7.62. The van der Waals surface area contributed by atoms with Crippen LogP contribution in [0.4, 0.5) is 4.39 Å². The SMILES string of the molecule is C=C/C=C\C=C(/CF)C(C(=O)C1CC1)N1CCC2=C(CC(=O)S2)C1. The highest BCUT2D eigenvalue weighted by Crippen LogP contribution is 2.40. The van der Waals surface area contributed by atoms with Gasteiger partial charge in [-0.25, -0.2) is 4.39 Å². The van der Waals surface area contributed by atoms with Crippen LogP contribution in [0.15, 0.2) is 46.9 Å². The molecule has 0 aromatic carbocycles. The van der Waals surface area contributed by atoms with Gasteiger partial charge in [-0.2, -0.15) is 0 Å². The van der Waals surface area contributed by atoms with Crippen LogP contribution in [-0.2, 0) is 9.59 Å². The minimum atomic E-state index is -0.638. The summed E-state index contributed by atoms with van der Waals surface area (Å²) >= 11 is 1.34. The first-order chi connectivity index (χ1) is 11.6. The molecule has 0 bridgehead atoms. The lowest BCUT2D eigenvalue weighted by molar-refractivity contribution is -0.124. The lowest BCUT2D eigenvalue weighted by Crippen LogP contribution is -2.46. The van der Waals surface area contributed by atoms with Gasteiger partial charge in [0.15, 0.2) is 10.9 Å². The van der Waals surface area contributed by atoms with Crippen LogP contribution in [0.5, 0.6) is 0 Å². The number of alkyl halides is 1. The van der Waals surface area contributed by atoms with Gasteiger partial charge in [0.2, 0.25) is 0 Å². The van der Waals surface area contributed by atoms with Crippen LogP contribution in [0.2, 0.25) is 0 Å². The summed E-state index contributed by atoms with van der Waals surface area (Å²) in [6, 6.07) is -0.508. The summed E-state index contributed by atoms with van der Waals surface area (Å²) in [7, 11) is 0. The van der Waals surface area contributed by atoms with Gasteiger partial charge in [0.1, 0.15) is 6.67 Å². The molecule has 3 nitrogen and oxygen atoms in total. The Bertz CT molecular complexity index is 646. The molecular weight excluding hydrogens is 325 g/mol. The van der Waals surface area contributed by atoms with Gasteiger partial charge in [0.25, 0.3) is 0 Å². The van der Waals surface area contributed by atoms with Crippen molar-refractivity contribution in [2.75, 3.05) is 19.8 Å². The Morgan fingerprint density at radius 1 is 1.42 bits per heavy atom. The average molecular weight is 347 g/mol. The number of carbonyl (C=O) groups excluding carboxylic acids is 2. The number of allylic oxidation sites excluding steroid dienone is 4. The van der Waals surface area contributed by atoms with Crippen LogP contribution < -0.4 is 0 Å². The number of hydrogen-bond acceptors (Lipinski definition) is 4. The van der Waals surface area contributed by atoms with E-state index in [4.69, 9.17) is 0 Å². The van der Waals surface area contributed by atoms with Crippen molar-refractivity contribution in [3.63, 3.8) is 0 Å². The smallest absolute Gasteiger partial charge is 0.197 e. The lowest BCUT2D eigenvalue weighted by atomic mass is 9.95. The highest BCUT2D eigenvalue weighted by atomic mass is 32.2. The van der Waals surface area contributed by atoms with E-state index in [2.05, 4.69) is 11.5 Å². The molecule has 1 saturated carbocycles.